The first-order valence-electron chi connectivity index (χ1n) is 7.37. The molecule has 0 aromatic heterocycles. The van der Waals surface area contributed by atoms with E-state index in [1.54, 1.807) is 6.07 Å². The molecule has 23 heavy (non-hydrogen) atoms. The van der Waals surface area contributed by atoms with E-state index in [9.17, 15) is 9.18 Å². The minimum Gasteiger partial charge on any atom is -0.491 e. The largest absolute Gasteiger partial charge is 0.491 e. The van der Waals surface area contributed by atoms with Gasteiger partial charge in [0.2, 0.25) is 5.91 Å². The number of carbonyl (C=O) groups is 1. The van der Waals surface area contributed by atoms with E-state index in [0.717, 1.165) is 11.3 Å². The van der Waals surface area contributed by atoms with Crippen LogP contribution in [0.3, 0.4) is 0 Å². The molecule has 2 aromatic carbocycles. The van der Waals surface area contributed by atoms with Gasteiger partial charge in [0.05, 0.1) is 12.5 Å². The summed E-state index contributed by atoms with van der Waals surface area (Å²) in [5.74, 6) is 0.0564. The van der Waals surface area contributed by atoms with Gasteiger partial charge >= 0.3 is 0 Å². The molecule has 0 aliphatic rings. The molecule has 0 aliphatic carbocycles. The maximum Gasteiger partial charge on any atom is 0.224 e. The lowest BCUT2D eigenvalue weighted by atomic mass is 10.1. The minimum atomic E-state index is -0.475. The fourth-order valence-corrected chi connectivity index (χ4v) is 2.30. The quantitative estimate of drug-likeness (QED) is 0.869. The summed E-state index contributed by atoms with van der Waals surface area (Å²) in [6, 6.07) is 11.8. The van der Waals surface area contributed by atoms with Gasteiger partial charge in [-0.15, -0.1) is 0 Å². The number of hydrogen-bond donors (Lipinski definition) is 1. The number of halogens is 2. The van der Waals surface area contributed by atoms with E-state index >= 15 is 0 Å². The van der Waals surface area contributed by atoms with E-state index in [-0.39, 0.29) is 18.4 Å². The molecule has 1 N–H and O–H groups in total. The van der Waals surface area contributed by atoms with E-state index in [4.69, 9.17) is 16.3 Å². The Hall–Kier alpha value is -2.07. The first-order valence-corrected chi connectivity index (χ1v) is 7.75. The monoisotopic (exact) mass is 335 g/mol. The highest BCUT2D eigenvalue weighted by atomic mass is 35.5. The van der Waals surface area contributed by atoms with Crippen LogP contribution in [0.1, 0.15) is 18.1 Å². The number of amides is 1. The van der Waals surface area contributed by atoms with Crippen LogP contribution in [-0.2, 0) is 11.2 Å². The molecule has 0 aliphatic heterocycles. The van der Waals surface area contributed by atoms with E-state index in [1.165, 1.54) is 12.1 Å². The number of hydrogen-bond acceptors (Lipinski definition) is 2. The van der Waals surface area contributed by atoms with Crippen molar-refractivity contribution in [3.05, 3.63) is 64.4 Å². The van der Waals surface area contributed by atoms with Crippen molar-refractivity contribution in [2.24, 2.45) is 0 Å². The van der Waals surface area contributed by atoms with E-state index in [2.05, 4.69) is 5.32 Å². The molecule has 0 radical (unpaired) electrons. The van der Waals surface area contributed by atoms with Crippen molar-refractivity contribution in [1.29, 1.82) is 0 Å². The number of benzene rings is 2. The van der Waals surface area contributed by atoms with Crippen molar-refractivity contribution in [2.75, 3.05) is 6.61 Å². The van der Waals surface area contributed by atoms with E-state index < -0.39 is 5.82 Å². The Labute approximate surface area is 140 Å². The summed E-state index contributed by atoms with van der Waals surface area (Å²) in [4.78, 5) is 12.0. The molecule has 1 atom stereocenters. The van der Waals surface area contributed by atoms with Gasteiger partial charge in [0.15, 0.2) is 0 Å². The molecule has 3 nitrogen and oxygen atoms in total. The van der Waals surface area contributed by atoms with Gasteiger partial charge in [-0.2, -0.15) is 0 Å². The van der Waals surface area contributed by atoms with Crippen LogP contribution in [-0.4, -0.2) is 18.6 Å². The lowest BCUT2D eigenvalue weighted by Gasteiger charge is -2.16. The highest BCUT2D eigenvalue weighted by molar-refractivity contribution is 6.30. The SMILES string of the molecule is Cc1ccccc1OC[C@H](C)NC(=O)Cc1ccc(Cl)cc1F. The zero-order valence-corrected chi connectivity index (χ0v) is 13.9. The summed E-state index contributed by atoms with van der Waals surface area (Å²) in [5, 5.41) is 3.11. The third-order valence-electron chi connectivity index (χ3n) is 3.36. The molecule has 0 bridgehead atoms. The van der Waals surface area contributed by atoms with Gasteiger partial charge in [0.25, 0.3) is 0 Å². The summed E-state index contributed by atoms with van der Waals surface area (Å²) < 4.78 is 19.4. The summed E-state index contributed by atoms with van der Waals surface area (Å²) in [6.45, 7) is 4.15. The summed E-state index contributed by atoms with van der Waals surface area (Å²) >= 11 is 5.69. The molecule has 1 amide bonds. The fraction of sp³-hybridized carbons (Fsp3) is 0.278. The van der Waals surface area contributed by atoms with Crippen molar-refractivity contribution < 1.29 is 13.9 Å². The second-order valence-electron chi connectivity index (χ2n) is 5.46. The topological polar surface area (TPSA) is 38.3 Å². The average molecular weight is 336 g/mol. The number of nitrogens with one attached hydrogen (secondary N) is 1. The molecule has 0 spiro atoms. The van der Waals surface area contributed by atoms with Crippen molar-refractivity contribution in [1.82, 2.24) is 5.32 Å². The molecule has 0 fully saturated rings. The third kappa shape index (κ3) is 5.25. The molecule has 0 saturated carbocycles. The number of aryl methyl sites for hydroxylation is 1. The van der Waals surface area contributed by atoms with Gasteiger partial charge in [0.1, 0.15) is 18.2 Å². The van der Waals surface area contributed by atoms with Gasteiger partial charge in [0, 0.05) is 5.02 Å². The lowest BCUT2D eigenvalue weighted by Crippen LogP contribution is -2.37. The van der Waals surface area contributed by atoms with Gasteiger partial charge in [-0.05, 0) is 43.2 Å². The maximum atomic E-state index is 13.7. The third-order valence-corrected chi connectivity index (χ3v) is 3.59. The van der Waals surface area contributed by atoms with Crippen molar-refractivity contribution >= 4 is 17.5 Å². The predicted octanol–water partition coefficient (Wildman–Crippen LogP) is 3.91. The van der Waals surface area contributed by atoms with Gasteiger partial charge in [-0.1, -0.05) is 35.9 Å². The second kappa shape index (κ2) is 7.97. The first-order chi connectivity index (χ1) is 11.0. The van der Waals surface area contributed by atoms with Crippen LogP contribution in [0.4, 0.5) is 4.39 Å². The highest BCUT2D eigenvalue weighted by Gasteiger charge is 2.12. The molecule has 5 heteroatoms. The van der Waals surface area contributed by atoms with Crippen LogP contribution < -0.4 is 10.1 Å². The van der Waals surface area contributed by atoms with Crippen molar-refractivity contribution in [3.8, 4) is 5.75 Å². The summed E-state index contributed by atoms with van der Waals surface area (Å²) in [7, 11) is 0. The van der Waals surface area contributed by atoms with Crippen molar-refractivity contribution in [2.45, 2.75) is 26.3 Å². The number of carbonyl (C=O) groups excluding carboxylic acids is 1. The summed E-state index contributed by atoms with van der Waals surface area (Å²) in [5.41, 5.74) is 1.35. The highest BCUT2D eigenvalue weighted by Crippen LogP contribution is 2.17. The predicted molar refractivity (Wildman–Crippen MR) is 89.4 cm³/mol. The fourth-order valence-electron chi connectivity index (χ4n) is 2.14. The number of ether oxygens (including phenoxy) is 1. The first kappa shape index (κ1) is 17.3. The number of rotatable bonds is 6. The maximum absolute atomic E-state index is 13.7. The van der Waals surface area contributed by atoms with E-state index in [0.29, 0.717) is 17.2 Å². The van der Waals surface area contributed by atoms with E-state index in [1.807, 2.05) is 38.1 Å². The standard InChI is InChI=1S/C18H19ClFNO2/c1-12-5-3-4-6-17(12)23-11-13(2)21-18(22)9-14-7-8-15(19)10-16(14)20/h3-8,10,13H,9,11H2,1-2H3,(H,21,22)/t13-/m0/s1. The summed E-state index contributed by atoms with van der Waals surface area (Å²) in [6.07, 6.45) is -0.0301. The second-order valence-corrected chi connectivity index (χ2v) is 5.89. The molecule has 0 saturated heterocycles. The normalized spacial score (nSPS) is 11.8. The zero-order chi connectivity index (χ0) is 16.8. The lowest BCUT2D eigenvalue weighted by molar-refractivity contribution is -0.121. The zero-order valence-electron chi connectivity index (χ0n) is 13.1. The average Bonchev–Trinajstić information content (AvgIpc) is 2.49. The Kier molecular flexibility index (Phi) is 5.99. The molecular formula is C18H19ClFNO2. The Bertz CT molecular complexity index is 690. The molecule has 0 unspecified atom stereocenters. The Morgan fingerprint density at radius 1 is 1.30 bits per heavy atom. The molecule has 2 rings (SSSR count). The van der Waals surface area contributed by atoms with Gasteiger partial charge in [-0.25, -0.2) is 4.39 Å². The van der Waals surface area contributed by atoms with Crippen LogP contribution >= 0.6 is 11.6 Å². The molecule has 0 heterocycles. The smallest absolute Gasteiger partial charge is 0.224 e. The Morgan fingerprint density at radius 3 is 2.74 bits per heavy atom. The van der Waals surface area contributed by atoms with Crippen LogP contribution in [0.25, 0.3) is 0 Å². The van der Waals surface area contributed by atoms with Crippen LogP contribution in [0.2, 0.25) is 5.02 Å². The Morgan fingerprint density at radius 2 is 2.04 bits per heavy atom. The van der Waals surface area contributed by atoms with Crippen LogP contribution in [0.5, 0.6) is 5.75 Å². The van der Waals surface area contributed by atoms with Gasteiger partial charge < -0.3 is 10.1 Å². The number of para-hydroxylation sites is 1. The molecular weight excluding hydrogens is 317 g/mol. The van der Waals surface area contributed by atoms with Crippen LogP contribution in [0, 0.1) is 12.7 Å². The van der Waals surface area contributed by atoms with Crippen molar-refractivity contribution in [3.63, 3.8) is 0 Å². The minimum absolute atomic E-state index is 0.0301. The van der Waals surface area contributed by atoms with Crippen LogP contribution in [0.15, 0.2) is 42.5 Å². The molecule has 2 aromatic rings. The molecule has 122 valence electrons. The van der Waals surface area contributed by atoms with Gasteiger partial charge in [-0.3, -0.25) is 4.79 Å². The Balaban J connectivity index is 1.84.